The molecular formula is C21H23N3O3S. The van der Waals surface area contributed by atoms with Crippen molar-refractivity contribution in [3.63, 3.8) is 0 Å². The molecule has 0 fully saturated rings. The molecule has 1 aromatic heterocycles. The Morgan fingerprint density at radius 2 is 2.00 bits per heavy atom. The zero-order valence-corrected chi connectivity index (χ0v) is 16.6. The number of benzene rings is 1. The first-order chi connectivity index (χ1) is 13.7. The maximum absolute atomic E-state index is 12.4. The normalized spacial score (nSPS) is 13.5. The van der Waals surface area contributed by atoms with Gasteiger partial charge in [-0.2, -0.15) is 5.10 Å². The summed E-state index contributed by atoms with van der Waals surface area (Å²) in [7, 11) is 0. The van der Waals surface area contributed by atoms with E-state index in [0.29, 0.717) is 17.2 Å². The first-order valence-corrected chi connectivity index (χ1v) is 10.1. The van der Waals surface area contributed by atoms with E-state index in [-0.39, 0.29) is 5.97 Å². The number of allylic oxidation sites excluding steroid dienone is 1. The van der Waals surface area contributed by atoms with E-state index in [2.05, 4.69) is 15.8 Å². The number of carbonyl (C=O) groups excluding carboxylic acids is 2. The standard InChI is InChI=1S/C21H23N3O3S/c1-2-27-20(25)18-16-12-6-7-13-17(16)28-19(18)23-21(26)24-22-14-8-11-15-9-4-3-5-10-15/h3-5,8-11,14H,2,6-7,12-13H2,1H3,(H2,23,24,26)/b11-8+,22-14?. The largest absolute Gasteiger partial charge is 0.462 e. The lowest BCUT2D eigenvalue weighted by Crippen LogP contribution is -2.24. The molecule has 0 unspecified atom stereocenters. The third-order valence-corrected chi connectivity index (χ3v) is 5.50. The fraction of sp³-hybridized carbons (Fsp3) is 0.286. The number of thiophene rings is 1. The number of amides is 2. The van der Waals surface area contributed by atoms with Crippen LogP contribution in [0.5, 0.6) is 0 Å². The van der Waals surface area contributed by atoms with E-state index in [1.807, 2.05) is 36.4 Å². The van der Waals surface area contributed by atoms with Gasteiger partial charge in [0, 0.05) is 11.1 Å². The van der Waals surface area contributed by atoms with Gasteiger partial charge in [0.25, 0.3) is 0 Å². The molecule has 2 N–H and O–H groups in total. The molecule has 1 aliphatic rings. The molecule has 0 aliphatic heterocycles. The molecule has 28 heavy (non-hydrogen) atoms. The van der Waals surface area contributed by atoms with Crippen LogP contribution in [0.2, 0.25) is 0 Å². The van der Waals surface area contributed by atoms with E-state index < -0.39 is 6.03 Å². The Morgan fingerprint density at radius 3 is 2.79 bits per heavy atom. The maximum atomic E-state index is 12.4. The van der Waals surface area contributed by atoms with Gasteiger partial charge in [-0.25, -0.2) is 15.0 Å². The van der Waals surface area contributed by atoms with Crippen LogP contribution in [0, 0.1) is 0 Å². The summed E-state index contributed by atoms with van der Waals surface area (Å²) < 4.78 is 5.19. The van der Waals surface area contributed by atoms with Crippen molar-refractivity contribution in [2.24, 2.45) is 5.10 Å². The van der Waals surface area contributed by atoms with Crippen molar-refractivity contribution < 1.29 is 14.3 Å². The molecule has 146 valence electrons. The molecule has 1 heterocycles. The van der Waals surface area contributed by atoms with Crippen LogP contribution < -0.4 is 10.7 Å². The molecule has 0 radical (unpaired) electrons. The van der Waals surface area contributed by atoms with E-state index in [4.69, 9.17) is 4.74 Å². The third kappa shape index (κ3) is 5.07. The molecule has 2 amide bonds. The number of nitrogens with one attached hydrogen (secondary N) is 2. The van der Waals surface area contributed by atoms with Crippen LogP contribution in [-0.4, -0.2) is 24.8 Å². The number of fused-ring (bicyclic) bond motifs is 1. The van der Waals surface area contributed by atoms with Crippen molar-refractivity contribution in [1.29, 1.82) is 0 Å². The molecule has 3 rings (SSSR count). The number of aryl methyl sites for hydroxylation is 1. The summed E-state index contributed by atoms with van der Waals surface area (Å²) in [6.07, 6.45) is 9.03. The van der Waals surface area contributed by atoms with Crippen molar-refractivity contribution in [1.82, 2.24) is 5.43 Å². The smallest absolute Gasteiger partial charge is 0.341 e. The average Bonchev–Trinajstić information content (AvgIpc) is 3.06. The van der Waals surface area contributed by atoms with Crippen LogP contribution in [0.15, 0.2) is 41.5 Å². The molecular weight excluding hydrogens is 374 g/mol. The molecule has 7 heteroatoms. The van der Waals surface area contributed by atoms with Gasteiger partial charge in [0.05, 0.1) is 12.2 Å². The average molecular weight is 398 g/mol. The Hall–Kier alpha value is -2.93. The van der Waals surface area contributed by atoms with Gasteiger partial charge >= 0.3 is 12.0 Å². The molecule has 0 atom stereocenters. The SMILES string of the molecule is CCOC(=O)c1c(NC(=O)NN=C/C=C/c2ccccc2)sc2c1CCCC2. The second-order valence-electron chi connectivity index (χ2n) is 6.25. The summed E-state index contributed by atoms with van der Waals surface area (Å²) in [5.74, 6) is -0.383. The van der Waals surface area contributed by atoms with E-state index in [1.54, 1.807) is 13.0 Å². The Kier molecular flexibility index (Phi) is 6.97. The molecule has 0 saturated heterocycles. The lowest BCUT2D eigenvalue weighted by atomic mass is 9.95. The molecule has 2 aromatic rings. The highest BCUT2D eigenvalue weighted by atomic mass is 32.1. The van der Waals surface area contributed by atoms with Crippen molar-refractivity contribution in [2.45, 2.75) is 32.6 Å². The van der Waals surface area contributed by atoms with E-state index >= 15 is 0 Å². The number of hydrazone groups is 1. The summed E-state index contributed by atoms with van der Waals surface area (Å²) in [4.78, 5) is 25.7. The zero-order chi connectivity index (χ0) is 19.8. The van der Waals surface area contributed by atoms with Crippen LogP contribution in [0.1, 0.15) is 46.1 Å². The van der Waals surface area contributed by atoms with Gasteiger partial charge in [0.2, 0.25) is 0 Å². The number of carbonyl (C=O) groups is 2. The van der Waals surface area contributed by atoms with Crippen molar-refractivity contribution in [3.8, 4) is 0 Å². The topological polar surface area (TPSA) is 79.8 Å². The van der Waals surface area contributed by atoms with Gasteiger partial charge in [0.15, 0.2) is 0 Å². The van der Waals surface area contributed by atoms with Crippen LogP contribution >= 0.6 is 11.3 Å². The second-order valence-corrected chi connectivity index (χ2v) is 7.35. The predicted octanol–water partition coefficient (Wildman–Crippen LogP) is 4.62. The number of rotatable bonds is 6. The molecule has 1 aromatic carbocycles. The number of hydrogen-bond acceptors (Lipinski definition) is 5. The van der Waals surface area contributed by atoms with Crippen molar-refractivity contribution in [3.05, 3.63) is 58.0 Å². The van der Waals surface area contributed by atoms with Crippen LogP contribution in [0.25, 0.3) is 6.08 Å². The first-order valence-electron chi connectivity index (χ1n) is 9.32. The van der Waals surface area contributed by atoms with Crippen LogP contribution in [0.4, 0.5) is 9.80 Å². The fourth-order valence-electron chi connectivity index (χ4n) is 3.06. The maximum Gasteiger partial charge on any atom is 0.341 e. The summed E-state index contributed by atoms with van der Waals surface area (Å²) >= 11 is 1.45. The lowest BCUT2D eigenvalue weighted by molar-refractivity contribution is 0.0526. The van der Waals surface area contributed by atoms with E-state index in [9.17, 15) is 9.59 Å². The van der Waals surface area contributed by atoms with Crippen LogP contribution in [0.3, 0.4) is 0 Å². The van der Waals surface area contributed by atoms with Gasteiger partial charge in [-0.1, -0.05) is 36.4 Å². The summed E-state index contributed by atoms with van der Waals surface area (Å²) in [5, 5.41) is 7.16. The highest BCUT2D eigenvalue weighted by Gasteiger charge is 2.27. The molecule has 6 nitrogen and oxygen atoms in total. The quantitative estimate of drug-likeness (QED) is 0.424. The molecule has 0 bridgehead atoms. The van der Waals surface area contributed by atoms with E-state index in [0.717, 1.165) is 41.7 Å². The number of hydrogen-bond donors (Lipinski definition) is 2. The molecule has 0 saturated carbocycles. The highest BCUT2D eigenvalue weighted by Crippen LogP contribution is 2.38. The van der Waals surface area contributed by atoms with Gasteiger partial charge < -0.3 is 4.74 Å². The van der Waals surface area contributed by atoms with E-state index in [1.165, 1.54) is 17.6 Å². The second kappa shape index (κ2) is 9.85. The number of urea groups is 1. The Morgan fingerprint density at radius 1 is 1.21 bits per heavy atom. The Balaban J connectivity index is 1.63. The Bertz CT molecular complexity index is 888. The summed E-state index contributed by atoms with van der Waals surface area (Å²) in [5.41, 5.74) is 4.97. The minimum Gasteiger partial charge on any atom is -0.462 e. The third-order valence-electron chi connectivity index (χ3n) is 4.29. The number of nitrogens with zero attached hydrogens (tertiary/aromatic N) is 1. The van der Waals surface area contributed by atoms with Crippen molar-refractivity contribution >= 4 is 40.6 Å². The zero-order valence-electron chi connectivity index (χ0n) is 15.7. The number of ether oxygens (including phenoxy) is 1. The lowest BCUT2D eigenvalue weighted by Gasteiger charge is -2.12. The molecule has 1 aliphatic carbocycles. The minimum atomic E-state index is -0.492. The Labute approximate surface area is 168 Å². The minimum absolute atomic E-state index is 0.299. The molecule has 0 spiro atoms. The van der Waals surface area contributed by atoms with Crippen molar-refractivity contribution in [2.75, 3.05) is 11.9 Å². The first kappa shape index (κ1) is 19.8. The monoisotopic (exact) mass is 397 g/mol. The van der Waals surface area contributed by atoms with Gasteiger partial charge in [-0.3, -0.25) is 5.32 Å². The van der Waals surface area contributed by atoms with Crippen LogP contribution in [-0.2, 0) is 17.6 Å². The summed E-state index contributed by atoms with van der Waals surface area (Å²) in [6.45, 7) is 2.07. The van der Waals surface area contributed by atoms with Gasteiger partial charge in [-0.15, -0.1) is 11.3 Å². The van der Waals surface area contributed by atoms with Gasteiger partial charge in [-0.05, 0) is 49.8 Å². The number of anilines is 1. The van der Waals surface area contributed by atoms with Gasteiger partial charge in [0.1, 0.15) is 5.00 Å². The number of esters is 1. The predicted molar refractivity (Wildman–Crippen MR) is 113 cm³/mol. The summed E-state index contributed by atoms with van der Waals surface area (Å²) in [6, 6.07) is 9.30. The highest BCUT2D eigenvalue weighted by molar-refractivity contribution is 7.17. The fourth-order valence-corrected chi connectivity index (χ4v) is 4.33.